The lowest BCUT2D eigenvalue weighted by atomic mass is 10.1. The average molecular weight is 389 g/mol. The van der Waals surface area contributed by atoms with Crippen LogP contribution in [0.15, 0.2) is 59.4 Å². The molecule has 0 atom stereocenters. The van der Waals surface area contributed by atoms with Crippen LogP contribution in [-0.4, -0.2) is 31.3 Å². The molecule has 3 aromatic heterocycles. The van der Waals surface area contributed by atoms with Crippen molar-refractivity contribution in [3.63, 3.8) is 0 Å². The molecule has 29 heavy (non-hydrogen) atoms. The highest BCUT2D eigenvalue weighted by Crippen LogP contribution is 2.25. The number of anilines is 1. The number of aromatic nitrogens is 4. The van der Waals surface area contributed by atoms with Crippen LogP contribution in [-0.2, 0) is 11.8 Å². The molecular weight excluding hydrogens is 370 g/mol. The van der Waals surface area contributed by atoms with Crippen LogP contribution in [0.3, 0.4) is 0 Å². The van der Waals surface area contributed by atoms with Crippen LogP contribution >= 0.6 is 0 Å². The summed E-state index contributed by atoms with van der Waals surface area (Å²) >= 11 is 0. The molecule has 1 aromatic carbocycles. The van der Waals surface area contributed by atoms with Gasteiger partial charge >= 0.3 is 0 Å². The van der Waals surface area contributed by atoms with Crippen molar-refractivity contribution in [3.05, 3.63) is 71.9 Å². The number of Topliss-reactive ketones (excluding diaryl/α,β-unsaturated/α-hetero) is 1. The van der Waals surface area contributed by atoms with E-state index < -0.39 is 11.7 Å². The molecule has 0 unspecified atom stereocenters. The fourth-order valence-corrected chi connectivity index (χ4v) is 3.18. The maximum atomic E-state index is 12.8. The Morgan fingerprint density at radius 3 is 2.45 bits per heavy atom. The zero-order valence-corrected chi connectivity index (χ0v) is 16.2. The van der Waals surface area contributed by atoms with Crippen LogP contribution in [0.4, 0.5) is 5.82 Å². The van der Waals surface area contributed by atoms with Crippen molar-refractivity contribution in [3.8, 4) is 16.9 Å². The largest absolute Gasteiger partial charge is 0.472 e. The lowest BCUT2D eigenvalue weighted by Crippen LogP contribution is -2.25. The minimum atomic E-state index is -0.750. The topological polar surface area (TPSA) is 94.9 Å². The first-order chi connectivity index (χ1) is 14.0. The third-order valence-corrected chi connectivity index (χ3v) is 4.71. The van der Waals surface area contributed by atoms with Crippen molar-refractivity contribution >= 4 is 17.5 Å². The molecule has 3 heterocycles. The second-order valence-electron chi connectivity index (χ2n) is 6.63. The van der Waals surface area contributed by atoms with Crippen molar-refractivity contribution < 1.29 is 14.0 Å². The number of para-hydroxylation sites is 1. The quantitative estimate of drug-likeness (QED) is 0.417. The van der Waals surface area contributed by atoms with Gasteiger partial charge < -0.3 is 9.73 Å². The van der Waals surface area contributed by atoms with E-state index in [0.717, 1.165) is 11.3 Å². The predicted molar refractivity (Wildman–Crippen MR) is 107 cm³/mol. The normalized spacial score (nSPS) is 10.9. The number of aryl methyl sites for hydroxylation is 2. The fraction of sp³-hybridized carbons (Fsp3) is 0.143. The third kappa shape index (κ3) is 3.36. The summed E-state index contributed by atoms with van der Waals surface area (Å²) in [6.45, 7) is 3.46. The van der Waals surface area contributed by atoms with Crippen molar-refractivity contribution in [1.82, 2.24) is 19.6 Å². The summed E-state index contributed by atoms with van der Waals surface area (Å²) in [5, 5.41) is 11.5. The van der Waals surface area contributed by atoms with Crippen LogP contribution in [0.25, 0.3) is 16.9 Å². The standard InChI is InChI=1S/C21H19N5O3/c1-13-19(14(2)25(3)23-13)20(27)21(28)22-18-11-17(15-9-10-29-12-15)24-26(18)16-7-5-4-6-8-16/h4-12H,1-3H3,(H,22,28). The number of hydrogen-bond acceptors (Lipinski definition) is 5. The number of rotatable bonds is 5. The predicted octanol–water partition coefficient (Wildman–Crippen LogP) is 3.30. The van der Waals surface area contributed by atoms with E-state index >= 15 is 0 Å². The Hall–Kier alpha value is -3.94. The molecule has 0 fully saturated rings. The summed E-state index contributed by atoms with van der Waals surface area (Å²) in [7, 11) is 1.73. The molecule has 1 N–H and O–H groups in total. The number of ketones is 1. The van der Waals surface area contributed by atoms with Crippen LogP contribution in [0.2, 0.25) is 0 Å². The molecule has 4 rings (SSSR count). The highest BCUT2D eigenvalue weighted by Gasteiger charge is 2.25. The van der Waals surface area contributed by atoms with Gasteiger partial charge in [0.1, 0.15) is 5.82 Å². The summed E-state index contributed by atoms with van der Waals surface area (Å²) < 4.78 is 8.29. The summed E-state index contributed by atoms with van der Waals surface area (Å²) in [6, 6.07) is 12.8. The monoisotopic (exact) mass is 389 g/mol. The van der Waals surface area contributed by atoms with Gasteiger partial charge in [-0.2, -0.15) is 10.2 Å². The SMILES string of the molecule is Cc1nn(C)c(C)c1C(=O)C(=O)Nc1cc(-c2ccoc2)nn1-c1ccccc1. The summed E-state index contributed by atoms with van der Waals surface area (Å²) in [5.74, 6) is -1.01. The molecule has 1 amide bonds. The van der Waals surface area contributed by atoms with E-state index in [4.69, 9.17) is 4.42 Å². The molecule has 4 aromatic rings. The Labute approximate surface area is 166 Å². The van der Waals surface area contributed by atoms with Crippen molar-refractivity contribution in [1.29, 1.82) is 0 Å². The third-order valence-electron chi connectivity index (χ3n) is 4.71. The van der Waals surface area contributed by atoms with E-state index in [1.54, 1.807) is 54.9 Å². The Bertz CT molecular complexity index is 1190. The van der Waals surface area contributed by atoms with Gasteiger partial charge in [-0.1, -0.05) is 18.2 Å². The first kappa shape index (κ1) is 18.4. The van der Waals surface area contributed by atoms with Crippen molar-refractivity contribution in [2.45, 2.75) is 13.8 Å². The van der Waals surface area contributed by atoms with Gasteiger partial charge in [0.05, 0.1) is 35.2 Å². The van der Waals surface area contributed by atoms with Gasteiger partial charge in [-0.25, -0.2) is 4.68 Å². The molecule has 0 saturated carbocycles. The maximum Gasteiger partial charge on any atom is 0.298 e. The molecule has 0 bridgehead atoms. The van der Waals surface area contributed by atoms with E-state index in [1.165, 1.54) is 0 Å². The molecule has 0 saturated heterocycles. The molecule has 0 radical (unpaired) electrons. The Morgan fingerprint density at radius 2 is 1.83 bits per heavy atom. The zero-order chi connectivity index (χ0) is 20.5. The average Bonchev–Trinajstić information content (AvgIpc) is 3.43. The number of amides is 1. The van der Waals surface area contributed by atoms with E-state index in [-0.39, 0.29) is 0 Å². The van der Waals surface area contributed by atoms with Gasteiger partial charge in [0.25, 0.3) is 11.7 Å². The number of benzene rings is 1. The number of nitrogens with one attached hydrogen (secondary N) is 1. The summed E-state index contributed by atoms with van der Waals surface area (Å²) in [4.78, 5) is 25.5. The Balaban J connectivity index is 1.70. The molecule has 0 aliphatic heterocycles. The molecule has 0 aliphatic rings. The summed E-state index contributed by atoms with van der Waals surface area (Å²) in [6.07, 6.45) is 3.11. The van der Waals surface area contributed by atoms with E-state index in [0.29, 0.717) is 28.5 Å². The smallest absolute Gasteiger partial charge is 0.298 e. The van der Waals surface area contributed by atoms with Crippen molar-refractivity contribution in [2.75, 3.05) is 5.32 Å². The number of nitrogens with zero attached hydrogens (tertiary/aromatic N) is 4. The molecule has 146 valence electrons. The molecule has 0 spiro atoms. The highest BCUT2D eigenvalue weighted by molar-refractivity contribution is 6.47. The van der Waals surface area contributed by atoms with Crippen LogP contribution in [0, 0.1) is 13.8 Å². The zero-order valence-electron chi connectivity index (χ0n) is 16.2. The van der Waals surface area contributed by atoms with Crippen LogP contribution < -0.4 is 5.32 Å². The number of furan rings is 1. The Kier molecular flexibility index (Phi) is 4.59. The van der Waals surface area contributed by atoms with E-state index in [9.17, 15) is 9.59 Å². The maximum absolute atomic E-state index is 12.8. The van der Waals surface area contributed by atoms with Gasteiger partial charge in [0.2, 0.25) is 0 Å². The Morgan fingerprint density at radius 1 is 1.07 bits per heavy atom. The lowest BCUT2D eigenvalue weighted by molar-refractivity contribution is -0.112. The number of carbonyl (C=O) groups is 2. The van der Waals surface area contributed by atoms with Crippen molar-refractivity contribution in [2.24, 2.45) is 7.05 Å². The second kappa shape index (κ2) is 7.23. The van der Waals surface area contributed by atoms with Gasteiger partial charge in [-0.15, -0.1) is 0 Å². The van der Waals surface area contributed by atoms with Gasteiger partial charge in [0.15, 0.2) is 0 Å². The van der Waals surface area contributed by atoms with Gasteiger partial charge in [-0.3, -0.25) is 14.3 Å². The van der Waals surface area contributed by atoms with Gasteiger partial charge in [-0.05, 0) is 32.0 Å². The first-order valence-electron chi connectivity index (χ1n) is 8.99. The number of hydrogen-bond donors (Lipinski definition) is 1. The van der Waals surface area contributed by atoms with E-state index in [1.807, 2.05) is 30.3 Å². The highest BCUT2D eigenvalue weighted by atomic mass is 16.3. The molecule has 8 heteroatoms. The molecule has 0 aliphatic carbocycles. The minimum Gasteiger partial charge on any atom is -0.472 e. The second-order valence-corrected chi connectivity index (χ2v) is 6.63. The molecular formula is C21H19N5O3. The number of carbonyl (C=O) groups excluding carboxylic acids is 2. The van der Waals surface area contributed by atoms with Gasteiger partial charge in [0, 0.05) is 24.4 Å². The van der Waals surface area contributed by atoms with E-state index in [2.05, 4.69) is 15.5 Å². The fourth-order valence-electron chi connectivity index (χ4n) is 3.18. The first-order valence-corrected chi connectivity index (χ1v) is 8.99. The van der Waals surface area contributed by atoms with Crippen LogP contribution in [0.1, 0.15) is 21.7 Å². The minimum absolute atomic E-state index is 0.311. The molecule has 8 nitrogen and oxygen atoms in total. The lowest BCUT2D eigenvalue weighted by Gasteiger charge is -2.08. The summed E-state index contributed by atoms with van der Waals surface area (Å²) in [5.41, 5.74) is 3.59. The van der Waals surface area contributed by atoms with Crippen LogP contribution in [0.5, 0.6) is 0 Å².